The summed E-state index contributed by atoms with van der Waals surface area (Å²) < 4.78 is 36.6. The van der Waals surface area contributed by atoms with Gasteiger partial charge in [-0.2, -0.15) is 13.2 Å². The molecule has 1 aromatic rings. The Hall–Kier alpha value is -1.56. The lowest BCUT2D eigenvalue weighted by molar-refractivity contribution is -0.144. The molecule has 0 aromatic heterocycles. The Kier molecular flexibility index (Phi) is 4.72. The zero-order valence-corrected chi connectivity index (χ0v) is 9.87. The Bertz CT molecular complexity index is 401. The van der Waals surface area contributed by atoms with Crippen LogP contribution in [0, 0.1) is 0 Å². The predicted molar refractivity (Wildman–Crippen MR) is 60.6 cm³/mol. The minimum atomic E-state index is -4.31. The van der Waals surface area contributed by atoms with E-state index in [4.69, 9.17) is 5.11 Å². The lowest BCUT2D eigenvalue weighted by Gasteiger charge is -2.20. The number of nitrogens with zero attached hydrogens (tertiary/aromatic N) is 1. The first kappa shape index (κ1) is 14.5. The summed E-state index contributed by atoms with van der Waals surface area (Å²) in [5.74, 6) is -0.393. The van der Waals surface area contributed by atoms with Gasteiger partial charge in [0.25, 0.3) is 0 Å². The standard InChI is InChI=1S/C12H14F3NO2/c1-2-16(8-12(13,14)15)7-11(18)9-3-5-10(17)6-4-9/h3-6,17H,2,7-8H2,1H3. The number of phenolic OH excluding ortho intramolecular Hbond substituents is 1. The summed E-state index contributed by atoms with van der Waals surface area (Å²) in [6.07, 6.45) is -4.31. The number of halogens is 3. The molecule has 3 nitrogen and oxygen atoms in total. The number of hydrogen-bond acceptors (Lipinski definition) is 3. The van der Waals surface area contributed by atoms with Crippen molar-refractivity contribution in [2.75, 3.05) is 19.6 Å². The van der Waals surface area contributed by atoms with Crippen LogP contribution in [-0.4, -0.2) is 41.6 Å². The van der Waals surface area contributed by atoms with Crippen molar-refractivity contribution in [2.24, 2.45) is 0 Å². The third-order valence-corrected chi connectivity index (χ3v) is 2.41. The van der Waals surface area contributed by atoms with E-state index in [1.54, 1.807) is 6.92 Å². The van der Waals surface area contributed by atoms with Gasteiger partial charge in [0.1, 0.15) is 5.75 Å². The average Bonchev–Trinajstić information content (AvgIpc) is 2.27. The van der Waals surface area contributed by atoms with Gasteiger partial charge in [0.15, 0.2) is 5.78 Å². The van der Waals surface area contributed by atoms with E-state index in [1.165, 1.54) is 24.3 Å². The average molecular weight is 261 g/mol. The van der Waals surface area contributed by atoms with Gasteiger partial charge < -0.3 is 5.11 Å². The highest BCUT2D eigenvalue weighted by molar-refractivity contribution is 5.97. The van der Waals surface area contributed by atoms with Crippen LogP contribution in [0.1, 0.15) is 17.3 Å². The van der Waals surface area contributed by atoms with Gasteiger partial charge in [0, 0.05) is 5.56 Å². The lowest BCUT2D eigenvalue weighted by atomic mass is 10.1. The maximum absolute atomic E-state index is 12.2. The maximum atomic E-state index is 12.2. The van der Waals surface area contributed by atoms with E-state index in [9.17, 15) is 18.0 Å². The van der Waals surface area contributed by atoms with Gasteiger partial charge in [-0.05, 0) is 30.8 Å². The molecule has 1 rings (SSSR count). The number of hydrogen-bond donors (Lipinski definition) is 1. The minimum absolute atomic E-state index is 0.00851. The second-order valence-corrected chi connectivity index (χ2v) is 3.89. The molecular weight excluding hydrogens is 247 g/mol. The molecule has 0 unspecified atom stereocenters. The molecular formula is C12H14F3NO2. The van der Waals surface area contributed by atoms with Crippen molar-refractivity contribution in [3.63, 3.8) is 0 Å². The van der Waals surface area contributed by atoms with Crippen molar-refractivity contribution in [1.29, 1.82) is 0 Å². The molecule has 6 heteroatoms. The number of ketones is 1. The highest BCUT2D eigenvalue weighted by atomic mass is 19.4. The molecule has 18 heavy (non-hydrogen) atoms. The fraction of sp³-hybridized carbons (Fsp3) is 0.417. The molecule has 0 atom stereocenters. The van der Waals surface area contributed by atoms with Crippen molar-refractivity contribution < 1.29 is 23.1 Å². The van der Waals surface area contributed by atoms with E-state index in [1.807, 2.05) is 0 Å². The third-order valence-electron chi connectivity index (χ3n) is 2.41. The maximum Gasteiger partial charge on any atom is 0.401 e. The van der Waals surface area contributed by atoms with E-state index >= 15 is 0 Å². The molecule has 0 amide bonds. The molecule has 0 spiro atoms. The SMILES string of the molecule is CCN(CC(=O)c1ccc(O)cc1)CC(F)(F)F. The smallest absolute Gasteiger partial charge is 0.401 e. The first-order chi connectivity index (χ1) is 8.31. The molecule has 0 radical (unpaired) electrons. The monoisotopic (exact) mass is 261 g/mol. The van der Waals surface area contributed by atoms with Crippen LogP contribution >= 0.6 is 0 Å². The summed E-state index contributed by atoms with van der Waals surface area (Å²) in [5, 5.41) is 9.05. The van der Waals surface area contributed by atoms with Crippen LogP contribution in [-0.2, 0) is 0 Å². The van der Waals surface area contributed by atoms with Gasteiger partial charge >= 0.3 is 6.18 Å². The fourth-order valence-electron chi connectivity index (χ4n) is 1.47. The quantitative estimate of drug-likeness (QED) is 0.828. The van der Waals surface area contributed by atoms with E-state index in [2.05, 4.69) is 0 Å². The first-order valence-electron chi connectivity index (χ1n) is 5.43. The number of benzene rings is 1. The minimum Gasteiger partial charge on any atom is -0.508 e. The summed E-state index contributed by atoms with van der Waals surface area (Å²) in [4.78, 5) is 12.7. The van der Waals surface area contributed by atoms with Crippen LogP contribution in [0.2, 0.25) is 0 Å². The van der Waals surface area contributed by atoms with E-state index in [0.717, 1.165) is 4.90 Å². The summed E-state index contributed by atoms with van der Waals surface area (Å²) in [6.45, 7) is 0.313. The molecule has 0 saturated carbocycles. The number of aromatic hydroxyl groups is 1. The van der Waals surface area contributed by atoms with Crippen molar-refractivity contribution in [1.82, 2.24) is 4.90 Å². The predicted octanol–water partition coefficient (Wildman–Crippen LogP) is 2.46. The lowest BCUT2D eigenvalue weighted by Crippen LogP contribution is -2.37. The van der Waals surface area contributed by atoms with E-state index in [0.29, 0.717) is 0 Å². The fourth-order valence-corrected chi connectivity index (χ4v) is 1.47. The number of likely N-dealkylation sites (N-methyl/N-ethyl adjacent to an activating group) is 1. The molecule has 0 heterocycles. The van der Waals surface area contributed by atoms with Gasteiger partial charge in [-0.3, -0.25) is 9.69 Å². The van der Waals surface area contributed by atoms with Gasteiger partial charge in [0.2, 0.25) is 0 Å². The molecule has 100 valence electrons. The van der Waals surface area contributed by atoms with Crippen LogP contribution in [0.3, 0.4) is 0 Å². The molecule has 1 aromatic carbocycles. The summed E-state index contributed by atoms with van der Waals surface area (Å²) in [7, 11) is 0. The van der Waals surface area contributed by atoms with Crippen LogP contribution < -0.4 is 0 Å². The van der Waals surface area contributed by atoms with Crippen molar-refractivity contribution in [3.8, 4) is 5.75 Å². The molecule has 0 aliphatic heterocycles. The normalized spacial score (nSPS) is 11.8. The van der Waals surface area contributed by atoms with Gasteiger partial charge in [0.05, 0.1) is 13.1 Å². The van der Waals surface area contributed by atoms with Gasteiger partial charge in [-0.25, -0.2) is 0 Å². The van der Waals surface area contributed by atoms with Crippen LogP contribution in [0.5, 0.6) is 5.75 Å². The molecule has 0 aliphatic carbocycles. The Morgan fingerprint density at radius 2 is 1.83 bits per heavy atom. The number of carbonyl (C=O) groups is 1. The first-order valence-corrected chi connectivity index (χ1v) is 5.43. The zero-order chi connectivity index (χ0) is 13.8. The number of alkyl halides is 3. The number of rotatable bonds is 5. The Labute approximate surface area is 103 Å². The van der Waals surface area contributed by atoms with Gasteiger partial charge in [-0.15, -0.1) is 0 Å². The Morgan fingerprint density at radius 1 is 1.28 bits per heavy atom. The topological polar surface area (TPSA) is 40.5 Å². The number of carbonyl (C=O) groups excluding carboxylic acids is 1. The van der Waals surface area contributed by atoms with E-state index < -0.39 is 18.5 Å². The molecule has 0 bridgehead atoms. The second-order valence-electron chi connectivity index (χ2n) is 3.89. The summed E-state index contributed by atoms with van der Waals surface area (Å²) in [5.41, 5.74) is 0.286. The molecule has 0 saturated heterocycles. The Morgan fingerprint density at radius 3 is 2.28 bits per heavy atom. The van der Waals surface area contributed by atoms with Crippen molar-refractivity contribution >= 4 is 5.78 Å². The van der Waals surface area contributed by atoms with Crippen molar-refractivity contribution in [3.05, 3.63) is 29.8 Å². The van der Waals surface area contributed by atoms with E-state index in [-0.39, 0.29) is 24.4 Å². The highest BCUT2D eigenvalue weighted by Crippen LogP contribution is 2.17. The Balaban J connectivity index is 2.65. The molecule has 0 fully saturated rings. The molecule has 0 aliphatic rings. The highest BCUT2D eigenvalue weighted by Gasteiger charge is 2.30. The van der Waals surface area contributed by atoms with Crippen LogP contribution in [0.25, 0.3) is 0 Å². The summed E-state index contributed by atoms with van der Waals surface area (Å²) >= 11 is 0. The zero-order valence-electron chi connectivity index (χ0n) is 9.87. The van der Waals surface area contributed by atoms with Gasteiger partial charge in [-0.1, -0.05) is 6.92 Å². The molecule has 1 N–H and O–H groups in total. The number of Topliss-reactive ketones (excluding diaryl/α,β-unsaturated/α-hetero) is 1. The largest absolute Gasteiger partial charge is 0.508 e. The van der Waals surface area contributed by atoms with Crippen LogP contribution in [0.15, 0.2) is 24.3 Å². The summed E-state index contributed by atoms with van der Waals surface area (Å²) in [6, 6.07) is 5.43. The van der Waals surface area contributed by atoms with Crippen LogP contribution in [0.4, 0.5) is 13.2 Å². The number of phenols is 1. The van der Waals surface area contributed by atoms with Crippen molar-refractivity contribution in [2.45, 2.75) is 13.1 Å². The third kappa shape index (κ3) is 4.75. The second kappa shape index (κ2) is 5.86.